The van der Waals surface area contributed by atoms with Gasteiger partial charge in [0.05, 0.1) is 11.8 Å². The number of rotatable bonds is 4. The standard InChI is InChI=1S/C25H26N2O3/c1-16-5-3-6-17(2)24(16)19-8-9-21-18(13-19)10-11-27-22(21)14-23(26-25(27)28)30-15-20-7-4-12-29-20/h3,5-6,8-9,13-14,20H,4,7,10-12,15H2,1-2H3. The molecular weight excluding hydrogens is 376 g/mol. The Morgan fingerprint density at radius 1 is 1.17 bits per heavy atom. The third-order valence-corrected chi connectivity index (χ3v) is 6.18. The van der Waals surface area contributed by atoms with Crippen LogP contribution in [0.2, 0.25) is 0 Å². The lowest BCUT2D eigenvalue weighted by Gasteiger charge is -2.23. The Morgan fingerprint density at radius 3 is 2.77 bits per heavy atom. The number of benzene rings is 2. The zero-order valence-electron chi connectivity index (χ0n) is 17.5. The highest BCUT2D eigenvalue weighted by atomic mass is 16.5. The molecule has 30 heavy (non-hydrogen) atoms. The van der Waals surface area contributed by atoms with Crippen molar-refractivity contribution < 1.29 is 9.47 Å². The first-order valence-corrected chi connectivity index (χ1v) is 10.7. The molecule has 1 aromatic heterocycles. The Hall–Kier alpha value is -2.92. The van der Waals surface area contributed by atoms with Gasteiger partial charge in [-0.05, 0) is 60.9 Å². The molecule has 1 saturated heterocycles. The van der Waals surface area contributed by atoms with E-state index in [0.29, 0.717) is 19.0 Å². The normalized spacial score (nSPS) is 17.5. The minimum atomic E-state index is -0.251. The van der Waals surface area contributed by atoms with Crippen LogP contribution in [-0.4, -0.2) is 28.9 Å². The monoisotopic (exact) mass is 402 g/mol. The number of ether oxygens (including phenoxy) is 2. The summed E-state index contributed by atoms with van der Waals surface area (Å²) in [5.41, 5.74) is 8.03. The van der Waals surface area contributed by atoms with Gasteiger partial charge in [0.15, 0.2) is 0 Å². The quantitative estimate of drug-likeness (QED) is 0.653. The van der Waals surface area contributed by atoms with Crippen LogP contribution in [0.15, 0.2) is 47.3 Å². The van der Waals surface area contributed by atoms with Crippen molar-refractivity contribution in [2.45, 2.75) is 45.8 Å². The van der Waals surface area contributed by atoms with Crippen molar-refractivity contribution in [3.8, 4) is 28.3 Å². The highest BCUT2D eigenvalue weighted by Gasteiger charge is 2.21. The number of aromatic nitrogens is 2. The average molecular weight is 402 g/mol. The maximum atomic E-state index is 12.6. The average Bonchev–Trinajstić information content (AvgIpc) is 3.25. The van der Waals surface area contributed by atoms with E-state index in [-0.39, 0.29) is 11.8 Å². The van der Waals surface area contributed by atoms with Crippen LogP contribution in [0, 0.1) is 13.8 Å². The molecule has 0 N–H and O–H groups in total. The summed E-state index contributed by atoms with van der Waals surface area (Å²) in [6, 6.07) is 14.9. The van der Waals surface area contributed by atoms with Gasteiger partial charge in [0.25, 0.3) is 0 Å². The summed E-state index contributed by atoms with van der Waals surface area (Å²) in [4.78, 5) is 16.7. The Kier molecular flexibility index (Phi) is 4.91. The predicted molar refractivity (Wildman–Crippen MR) is 117 cm³/mol. The summed E-state index contributed by atoms with van der Waals surface area (Å²) < 4.78 is 13.2. The van der Waals surface area contributed by atoms with E-state index in [2.05, 4.69) is 55.2 Å². The van der Waals surface area contributed by atoms with Crippen molar-refractivity contribution in [1.82, 2.24) is 9.55 Å². The van der Waals surface area contributed by atoms with E-state index in [9.17, 15) is 4.79 Å². The number of nitrogens with zero attached hydrogens (tertiary/aromatic N) is 2. The van der Waals surface area contributed by atoms with Crippen LogP contribution in [0.4, 0.5) is 0 Å². The van der Waals surface area contributed by atoms with Gasteiger partial charge in [0.1, 0.15) is 6.61 Å². The smallest absolute Gasteiger partial charge is 0.351 e. The van der Waals surface area contributed by atoms with Gasteiger partial charge in [-0.1, -0.05) is 36.4 Å². The third-order valence-electron chi connectivity index (χ3n) is 6.18. The summed E-state index contributed by atoms with van der Waals surface area (Å²) in [7, 11) is 0. The van der Waals surface area contributed by atoms with Crippen LogP contribution in [0.1, 0.15) is 29.5 Å². The molecule has 2 aromatic carbocycles. The van der Waals surface area contributed by atoms with Crippen molar-refractivity contribution in [2.24, 2.45) is 0 Å². The van der Waals surface area contributed by atoms with Gasteiger partial charge < -0.3 is 9.47 Å². The molecule has 2 aliphatic rings. The van der Waals surface area contributed by atoms with Gasteiger partial charge in [0, 0.05) is 24.8 Å². The Balaban J connectivity index is 1.50. The van der Waals surface area contributed by atoms with Gasteiger partial charge in [-0.15, -0.1) is 0 Å². The second-order valence-electron chi connectivity index (χ2n) is 8.25. The van der Waals surface area contributed by atoms with Crippen LogP contribution >= 0.6 is 0 Å². The second kappa shape index (κ2) is 7.73. The van der Waals surface area contributed by atoms with Crippen LogP contribution in [-0.2, 0) is 17.7 Å². The van der Waals surface area contributed by atoms with E-state index >= 15 is 0 Å². The molecule has 154 valence electrons. The zero-order valence-corrected chi connectivity index (χ0v) is 17.5. The van der Waals surface area contributed by atoms with E-state index in [1.165, 1.54) is 27.8 Å². The van der Waals surface area contributed by atoms with E-state index < -0.39 is 0 Å². The molecule has 0 bridgehead atoms. The molecule has 1 fully saturated rings. The SMILES string of the molecule is Cc1cccc(C)c1-c1ccc2c(c1)CCn1c-2cc(OCC2CCCO2)nc1=O. The lowest BCUT2D eigenvalue weighted by molar-refractivity contribution is 0.0661. The number of hydrogen-bond donors (Lipinski definition) is 0. The molecule has 5 nitrogen and oxygen atoms in total. The van der Waals surface area contributed by atoms with E-state index in [1.54, 1.807) is 4.57 Å². The molecule has 5 rings (SSSR count). The van der Waals surface area contributed by atoms with Crippen LogP contribution in [0.25, 0.3) is 22.4 Å². The first-order chi connectivity index (χ1) is 14.6. The first kappa shape index (κ1) is 19.1. The molecule has 0 radical (unpaired) electrons. The van der Waals surface area contributed by atoms with Gasteiger partial charge in [-0.3, -0.25) is 4.57 Å². The predicted octanol–water partition coefficient (Wildman–Crippen LogP) is 4.31. The second-order valence-corrected chi connectivity index (χ2v) is 8.25. The Bertz CT molecular complexity index is 1140. The fourth-order valence-corrected chi connectivity index (χ4v) is 4.66. The number of hydrogen-bond acceptors (Lipinski definition) is 4. The minimum Gasteiger partial charge on any atom is -0.475 e. The fourth-order valence-electron chi connectivity index (χ4n) is 4.66. The molecular formula is C25H26N2O3. The highest BCUT2D eigenvalue weighted by Crippen LogP contribution is 2.35. The molecule has 0 amide bonds. The molecule has 2 aliphatic heterocycles. The van der Waals surface area contributed by atoms with E-state index in [0.717, 1.165) is 37.1 Å². The molecule has 0 spiro atoms. The topological polar surface area (TPSA) is 53.4 Å². The molecule has 0 aliphatic carbocycles. The minimum absolute atomic E-state index is 0.0952. The van der Waals surface area contributed by atoms with Crippen LogP contribution in [0.5, 0.6) is 5.88 Å². The number of aryl methyl sites for hydroxylation is 3. The number of fused-ring (bicyclic) bond motifs is 3. The lowest BCUT2D eigenvalue weighted by Crippen LogP contribution is -2.29. The molecule has 0 saturated carbocycles. The Morgan fingerprint density at radius 2 is 2.00 bits per heavy atom. The summed E-state index contributed by atoms with van der Waals surface area (Å²) in [5.74, 6) is 0.383. The van der Waals surface area contributed by atoms with Crippen molar-refractivity contribution >= 4 is 0 Å². The van der Waals surface area contributed by atoms with Crippen LogP contribution in [0.3, 0.4) is 0 Å². The molecule has 3 heterocycles. The molecule has 5 heteroatoms. The van der Waals surface area contributed by atoms with Gasteiger partial charge in [-0.2, -0.15) is 4.98 Å². The summed E-state index contributed by atoms with van der Waals surface area (Å²) in [6.07, 6.45) is 2.97. The molecule has 3 aromatic rings. The maximum absolute atomic E-state index is 12.6. The summed E-state index contributed by atoms with van der Waals surface area (Å²) in [6.45, 7) is 6.16. The largest absolute Gasteiger partial charge is 0.475 e. The van der Waals surface area contributed by atoms with Crippen molar-refractivity contribution in [3.63, 3.8) is 0 Å². The zero-order chi connectivity index (χ0) is 20.7. The van der Waals surface area contributed by atoms with Gasteiger partial charge in [0.2, 0.25) is 5.88 Å². The van der Waals surface area contributed by atoms with Crippen molar-refractivity contribution in [2.75, 3.05) is 13.2 Å². The summed E-state index contributed by atoms with van der Waals surface area (Å²) in [5, 5.41) is 0. The highest BCUT2D eigenvalue weighted by molar-refractivity contribution is 5.76. The molecule has 1 unspecified atom stereocenters. The fraction of sp³-hybridized carbons (Fsp3) is 0.360. The summed E-state index contributed by atoms with van der Waals surface area (Å²) >= 11 is 0. The molecule has 1 atom stereocenters. The van der Waals surface area contributed by atoms with Crippen LogP contribution < -0.4 is 10.4 Å². The van der Waals surface area contributed by atoms with Crippen molar-refractivity contribution in [1.29, 1.82) is 0 Å². The van der Waals surface area contributed by atoms with Gasteiger partial charge >= 0.3 is 5.69 Å². The van der Waals surface area contributed by atoms with Gasteiger partial charge in [-0.25, -0.2) is 4.79 Å². The van der Waals surface area contributed by atoms with E-state index in [4.69, 9.17) is 9.47 Å². The maximum Gasteiger partial charge on any atom is 0.351 e. The van der Waals surface area contributed by atoms with E-state index in [1.807, 2.05) is 6.07 Å². The Labute approximate surface area is 176 Å². The lowest BCUT2D eigenvalue weighted by atomic mass is 9.90. The van der Waals surface area contributed by atoms with Crippen molar-refractivity contribution in [3.05, 3.63) is 69.6 Å². The first-order valence-electron chi connectivity index (χ1n) is 10.7. The third kappa shape index (κ3) is 3.43.